The summed E-state index contributed by atoms with van der Waals surface area (Å²) in [6.07, 6.45) is 15.1. The van der Waals surface area contributed by atoms with Gasteiger partial charge in [0.1, 0.15) is 0 Å². The predicted octanol–water partition coefficient (Wildman–Crippen LogP) is 3.63. The summed E-state index contributed by atoms with van der Waals surface area (Å²) in [7, 11) is 0. The maximum Gasteiger partial charge on any atom is 0.188 e. The van der Waals surface area contributed by atoms with Gasteiger partial charge in [0.15, 0.2) is 5.96 Å². The van der Waals surface area contributed by atoms with Crippen molar-refractivity contribution >= 4 is 22.9 Å². The van der Waals surface area contributed by atoms with Gasteiger partial charge in [0.05, 0.1) is 12.6 Å². The molecule has 6 rings (SSSR count). The molecule has 5 saturated carbocycles. The molecule has 0 saturated heterocycles. The van der Waals surface area contributed by atoms with Crippen molar-refractivity contribution in [2.45, 2.75) is 70.3 Å². The van der Waals surface area contributed by atoms with Crippen LogP contribution in [0.5, 0.6) is 0 Å². The first-order valence-electron chi connectivity index (χ1n) is 9.24. The van der Waals surface area contributed by atoms with Crippen LogP contribution in [0.3, 0.4) is 0 Å². The van der Waals surface area contributed by atoms with Gasteiger partial charge in [0, 0.05) is 0 Å². The van der Waals surface area contributed by atoms with Gasteiger partial charge in [-0.3, -0.25) is 4.99 Å². The van der Waals surface area contributed by atoms with E-state index < -0.39 is 0 Å². The van der Waals surface area contributed by atoms with Gasteiger partial charge in [-0.15, -0.1) is 17.0 Å². The second kappa shape index (κ2) is 5.12. The Morgan fingerprint density at radius 1 is 1.00 bits per heavy atom. The zero-order valence-electron chi connectivity index (χ0n) is 13.5. The van der Waals surface area contributed by atoms with E-state index in [4.69, 9.17) is 5.73 Å². The van der Waals surface area contributed by atoms with Crippen LogP contribution in [0, 0.1) is 28.6 Å². The zero-order chi connectivity index (χ0) is 14.1. The van der Waals surface area contributed by atoms with Gasteiger partial charge in [0.25, 0.3) is 0 Å². The van der Waals surface area contributed by atoms with Crippen LogP contribution in [-0.2, 0) is 0 Å². The van der Waals surface area contributed by atoms with Gasteiger partial charge in [-0.05, 0) is 80.0 Å². The minimum atomic E-state index is 0. The lowest BCUT2D eigenvalue weighted by Gasteiger charge is -2.65. The Labute approximate surface area is 144 Å². The van der Waals surface area contributed by atoms with Crippen LogP contribution in [0.15, 0.2) is 4.99 Å². The van der Waals surface area contributed by atoms with E-state index in [2.05, 4.69) is 10.3 Å². The molecule has 5 aliphatic carbocycles. The van der Waals surface area contributed by atoms with Gasteiger partial charge in [-0.2, -0.15) is 0 Å². The van der Waals surface area contributed by atoms with Crippen molar-refractivity contribution in [3.05, 3.63) is 0 Å². The number of aliphatic imine (C=N–C) groups is 1. The second-order valence-electron chi connectivity index (χ2n) is 9.09. The van der Waals surface area contributed by atoms with Gasteiger partial charge in [-0.25, -0.2) is 0 Å². The fraction of sp³-hybridized carbons (Fsp3) is 0.944. The lowest BCUT2D eigenvalue weighted by molar-refractivity contribution is -0.144. The molecule has 3 atom stereocenters. The van der Waals surface area contributed by atoms with Crippen LogP contribution in [0.4, 0.5) is 0 Å². The van der Waals surface area contributed by atoms with Crippen molar-refractivity contribution in [3.63, 3.8) is 0 Å². The van der Waals surface area contributed by atoms with Crippen molar-refractivity contribution < 1.29 is 0 Å². The first-order valence-corrected chi connectivity index (χ1v) is 9.24. The van der Waals surface area contributed by atoms with E-state index in [0.717, 1.165) is 24.3 Å². The molecule has 1 aliphatic heterocycles. The van der Waals surface area contributed by atoms with E-state index in [9.17, 15) is 0 Å². The first-order chi connectivity index (χ1) is 10.2. The van der Waals surface area contributed by atoms with E-state index >= 15 is 0 Å². The summed E-state index contributed by atoms with van der Waals surface area (Å²) in [5, 5.41) is 3.55. The number of nitrogens with one attached hydrogen (secondary N) is 1. The van der Waals surface area contributed by atoms with E-state index in [1.807, 2.05) is 0 Å². The highest BCUT2D eigenvalue weighted by Crippen LogP contribution is 2.70. The molecule has 124 valence electrons. The number of rotatable bonds is 2. The van der Waals surface area contributed by atoms with E-state index in [-0.39, 0.29) is 17.0 Å². The number of guanidine groups is 1. The normalized spacial score (nSPS) is 49.8. The monoisotopic (exact) mass is 367 g/mol. The number of halogens is 1. The third kappa shape index (κ3) is 2.08. The zero-order valence-corrected chi connectivity index (χ0v) is 15.2. The van der Waals surface area contributed by atoms with Crippen LogP contribution >= 0.6 is 17.0 Å². The fourth-order valence-electron chi connectivity index (χ4n) is 7.63. The molecule has 0 radical (unpaired) electrons. The lowest BCUT2D eigenvalue weighted by Crippen LogP contribution is -2.61. The van der Waals surface area contributed by atoms with Crippen LogP contribution in [0.2, 0.25) is 0 Å². The Morgan fingerprint density at radius 3 is 2.23 bits per heavy atom. The van der Waals surface area contributed by atoms with Gasteiger partial charge >= 0.3 is 0 Å². The smallest absolute Gasteiger partial charge is 0.188 e. The Bertz CT molecular complexity index is 469. The third-order valence-corrected chi connectivity index (χ3v) is 7.88. The van der Waals surface area contributed by atoms with Gasteiger partial charge < -0.3 is 11.1 Å². The summed E-state index contributed by atoms with van der Waals surface area (Å²) in [5.74, 6) is 3.76. The average molecular weight is 368 g/mol. The fourth-order valence-corrected chi connectivity index (χ4v) is 7.63. The van der Waals surface area contributed by atoms with E-state index in [1.165, 1.54) is 51.4 Å². The number of nitrogens with zero attached hydrogens (tertiary/aromatic N) is 1. The molecule has 6 aliphatic rings. The van der Waals surface area contributed by atoms with Crippen molar-refractivity contribution in [1.29, 1.82) is 0 Å². The summed E-state index contributed by atoms with van der Waals surface area (Å²) in [4.78, 5) is 4.48. The quantitative estimate of drug-likeness (QED) is 0.782. The highest BCUT2D eigenvalue weighted by Gasteiger charge is 2.62. The molecule has 1 heterocycles. The highest BCUT2D eigenvalue weighted by molar-refractivity contribution is 8.93. The summed E-state index contributed by atoms with van der Waals surface area (Å²) >= 11 is 0. The van der Waals surface area contributed by atoms with Gasteiger partial charge in [-0.1, -0.05) is 12.8 Å². The summed E-state index contributed by atoms with van der Waals surface area (Å²) in [6, 6.07) is 0.546. The van der Waals surface area contributed by atoms with Crippen LogP contribution in [0.1, 0.15) is 64.2 Å². The summed E-state index contributed by atoms with van der Waals surface area (Å²) in [5.41, 5.74) is 7.17. The summed E-state index contributed by atoms with van der Waals surface area (Å²) in [6.45, 7) is 0.937. The SMILES string of the molecule is Br.NC1=NCC(C23CC4CC(CC(C5CCCC5)(C4)C2)C3)N1. The van der Waals surface area contributed by atoms with Crippen LogP contribution < -0.4 is 11.1 Å². The summed E-state index contributed by atoms with van der Waals surface area (Å²) < 4.78 is 0. The molecule has 3 N–H and O–H groups in total. The van der Waals surface area contributed by atoms with Crippen LogP contribution in [-0.4, -0.2) is 18.5 Å². The van der Waals surface area contributed by atoms with E-state index in [0.29, 0.717) is 22.8 Å². The molecule has 0 aromatic rings. The Kier molecular flexibility index (Phi) is 3.56. The van der Waals surface area contributed by atoms with Gasteiger partial charge in [0.2, 0.25) is 0 Å². The number of hydrogen-bond donors (Lipinski definition) is 2. The molecular formula is C18H30BrN3. The Morgan fingerprint density at radius 2 is 1.64 bits per heavy atom. The molecule has 4 heteroatoms. The van der Waals surface area contributed by atoms with E-state index in [1.54, 1.807) is 12.8 Å². The molecule has 0 aromatic heterocycles. The topological polar surface area (TPSA) is 50.4 Å². The van der Waals surface area contributed by atoms with Crippen molar-refractivity contribution in [2.75, 3.05) is 6.54 Å². The van der Waals surface area contributed by atoms with Crippen molar-refractivity contribution in [1.82, 2.24) is 5.32 Å². The van der Waals surface area contributed by atoms with Crippen LogP contribution in [0.25, 0.3) is 0 Å². The highest BCUT2D eigenvalue weighted by atomic mass is 79.9. The minimum absolute atomic E-state index is 0. The molecule has 4 bridgehead atoms. The number of nitrogens with two attached hydrogens (primary N) is 1. The first kappa shape index (κ1) is 15.3. The molecule has 0 spiro atoms. The molecule has 0 amide bonds. The third-order valence-electron chi connectivity index (χ3n) is 7.88. The van der Waals surface area contributed by atoms with Crippen molar-refractivity contribution in [3.8, 4) is 0 Å². The maximum absolute atomic E-state index is 5.94. The molecule has 5 fully saturated rings. The average Bonchev–Trinajstić information content (AvgIpc) is 3.08. The molecule has 0 aromatic carbocycles. The molecule has 3 unspecified atom stereocenters. The minimum Gasteiger partial charge on any atom is -0.370 e. The molecular weight excluding hydrogens is 338 g/mol. The number of hydrogen-bond acceptors (Lipinski definition) is 3. The Hall–Kier alpha value is -0.250. The standard InChI is InChI=1S/C18H29N3.BrH/c19-16-20-10-15(21-16)18-8-12-5-13(9-18)7-17(6-12,11-18)14-3-1-2-4-14;/h12-15H,1-11H2,(H3,19,20,21);1H. The van der Waals surface area contributed by atoms with Crippen molar-refractivity contribution in [2.24, 2.45) is 39.3 Å². The Balaban J connectivity index is 0.00000125. The molecule has 22 heavy (non-hydrogen) atoms. The second-order valence-corrected chi connectivity index (χ2v) is 9.09. The molecule has 3 nitrogen and oxygen atoms in total. The maximum atomic E-state index is 5.94. The largest absolute Gasteiger partial charge is 0.370 e. The lowest BCUT2D eigenvalue weighted by atomic mass is 9.40. The predicted molar refractivity (Wildman–Crippen MR) is 95.2 cm³/mol.